The maximum atomic E-state index is 4.94. The minimum Gasteiger partial charge on any atom is -0.341 e. The Morgan fingerprint density at radius 2 is 1.47 bits per heavy atom. The van der Waals surface area contributed by atoms with Crippen molar-refractivity contribution in [1.82, 2.24) is 20.6 Å². The monoisotopic (exact) mass is 567 g/mol. The average Bonchev–Trinajstić information content (AvgIpc) is 3.89. The zero-order chi connectivity index (χ0) is 28.4. The summed E-state index contributed by atoms with van der Waals surface area (Å²) < 4.78 is 0. The Morgan fingerprint density at radius 3 is 2.26 bits per heavy atom. The van der Waals surface area contributed by atoms with Gasteiger partial charge in [-0.05, 0) is 127 Å². The summed E-state index contributed by atoms with van der Waals surface area (Å²) in [6.45, 7) is 2.20. The molecule has 3 aliphatic heterocycles. The maximum Gasteiger partial charge on any atom is 0.124 e. The largest absolute Gasteiger partial charge is 0.341 e. The number of aromatic nitrogens is 2. The number of aromatic amines is 1. The molecule has 1 spiro atoms. The van der Waals surface area contributed by atoms with Crippen molar-refractivity contribution in [2.45, 2.75) is 88.1 Å². The van der Waals surface area contributed by atoms with Crippen LogP contribution in [-0.4, -0.2) is 34.8 Å². The highest BCUT2D eigenvalue weighted by atomic mass is 15.0. The summed E-state index contributed by atoms with van der Waals surface area (Å²) in [4.78, 5) is 13.4. The van der Waals surface area contributed by atoms with E-state index in [0.717, 1.165) is 42.8 Å². The molecule has 5 aliphatic rings. The summed E-state index contributed by atoms with van der Waals surface area (Å²) in [5.41, 5.74) is 15.3. The minimum atomic E-state index is 0.337. The molecule has 1 saturated carbocycles. The van der Waals surface area contributed by atoms with E-state index in [4.69, 9.17) is 9.98 Å². The van der Waals surface area contributed by atoms with E-state index in [9.17, 15) is 0 Å². The molecule has 2 atom stereocenters. The fraction of sp³-hybridized carbons (Fsp3) is 0.421. The number of H-pyrrole nitrogens is 1. The van der Waals surface area contributed by atoms with Crippen molar-refractivity contribution >= 4 is 22.3 Å². The number of imidazole rings is 1. The van der Waals surface area contributed by atoms with Gasteiger partial charge in [-0.3, -0.25) is 4.99 Å². The van der Waals surface area contributed by atoms with E-state index in [0.29, 0.717) is 17.5 Å². The fourth-order valence-corrected chi connectivity index (χ4v) is 9.02. The van der Waals surface area contributed by atoms with Crippen LogP contribution < -0.4 is 10.6 Å². The first-order valence-corrected chi connectivity index (χ1v) is 16.7. The molecule has 0 unspecified atom stereocenters. The lowest BCUT2D eigenvalue weighted by Crippen LogP contribution is -2.29. The highest BCUT2D eigenvalue weighted by Crippen LogP contribution is 2.55. The quantitative estimate of drug-likeness (QED) is 0.229. The van der Waals surface area contributed by atoms with Gasteiger partial charge in [0.05, 0.1) is 17.1 Å². The van der Waals surface area contributed by atoms with Crippen LogP contribution in [0.2, 0.25) is 0 Å². The Hall–Kier alpha value is -3.54. The summed E-state index contributed by atoms with van der Waals surface area (Å²) >= 11 is 0. The smallest absolute Gasteiger partial charge is 0.124 e. The molecular weight excluding hydrogens is 526 g/mol. The summed E-state index contributed by atoms with van der Waals surface area (Å²) in [5, 5.41) is 7.21. The van der Waals surface area contributed by atoms with Crippen LogP contribution in [0.25, 0.3) is 38.9 Å². The normalized spacial score (nSPS) is 24.3. The predicted molar refractivity (Wildman–Crippen MR) is 176 cm³/mol. The second kappa shape index (κ2) is 10.3. The number of hydrogen-bond acceptors (Lipinski definition) is 4. The zero-order valence-corrected chi connectivity index (χ0v) is 25.0. The van der Waals surface area contributed by atoms with Crippen molar-refractivity contribution < 1.29 is 0 Å². The molecule has 0 bridgehead atoms. The molecule has 3 aromatic carbocycles. The number of nitrogens with one attached hydrogen (secondary N) is 3. The second-order valence-electron chi connectivity index (χ2n) is 13.7. The lowest BCUT2D eigenvalue weighted by atomic mass is 9.76. The average molecular weight is 568 g/mol. The van der Waals surface area contributed by atoms with E-state index < -0.39 is 0 Å². The Balaban J connectivity index is 1.06. The maximum absolute atomic E-state index is 4.94. The molecule has 9 rings (SSSR count). The zero-order valence-electron chi connectivity index (χ0n) is 25.0. The first kappa shape index (κ1) is 25.9. The summed E-state index contributed by atoms with van der Waals surface area (Å²) in [6, 6.07) is 21.9. The fourth-order valence-electron chi connectivity index (χ4n) is 9.02. The molecule has 2 saturated heterocycles. The first-order valence-electron chi connectivity index (χ1n) is 16.7. The van der Waals surface area contributed by atoms with Crippen molar-refractivity contribution in [2.24, 2.45) is 4.99 Å². The summed E-state index contributed by atoms with van der Waals surface area (Å²) in [5.74, 6) is 1.09. The molecule has 4 heterocycles. The highest BCUT2D eigenvalue weighted by molar-refractivity contribution is 6.01. The molecule has 4 aromatic rings. The topological polar surface area (TPSA) is 65.1 Å². The van der Waals surface area contributed by atoms with Gasteiger partial charge < -0.3 is 15.6 Å². The Morgan fingerprint density at radius 1 is 0.721 bits per heavy atom. The Bertz CT molecular complexity index is 1760. The van der Waals surface area contributed by atoms with Gasteiger partial charge in [-0.25, -0.2) is 4.98 Å². The molecule has 43 heavy (non-hydrogen) atoms. The van der Waals surface area contributed by atoms with Crippen LogP contribution >= 0.6 is 0 Å². The number of benzene rings is 3. The van der Waals surface area contributed by atoms with Crippen LogP contribution in [0.4, 0.5) is 0 Å². The molecule has 3 N–H and O–H groups in total. The number of aliphatic imine (C=N–C) groups is 1. The van der Waals surface area contributed by atoms with E-state index in [1.165, 1.54) is 96.9 Å². The summed E-state index contributed by atoms with van der Waals surface area (Å²) in [6.07, 6.45) is 15.8. The molecule has 0 amide bonds. The first-order chi connectivity index (χ1) is 21.2. The standard InChI is InChI=1S/C38H41N5/c1-2-17-38(16-1)18-15-30-28(26-11-14-32-35(21-26)43-37(42-32)33-6-4-20-40-33)12-13-29(36(30)38)25-9-7-24(8-10-25)27-22-34(41-23-27)31-5-3-19-39-31/h7-14,21,23,31,33,39-40H,1-6,15-20,22H2,(H,42,43)/t31-,33-/m0/s1. The van der Waals surface area contributed by atoms with Gasteiger partial charge in [0.15, 0.2) is 0 Å². The molecule has 0 radical (unpaired) electrons. The van der Waals surface area contributed by atoms with Crippen LogP contribution in [0.3, 0.4) is 0 Å². The van der Waals surface area contributed by atoms with Gasteiger partial charge in [0.25, 0.3) is 0 Å². The van der Waals surface area contributed by atoms with Crippen LogP contribution in [0, 0.1) is 0 Å². The van der Waals surface area contributed by atoms with Gasteiger partial charge in [0, 0.05) is 24.4 Å². The molecule has 1 aromatic heterocycles. The third-order valence-corrected chi connectivity index (χ3v) is 11.2. The van der Waals surface area contributed by atoms with Crippen molar-refractivity contribution in [1.29, 1.82) is 0 Å². The van der Waals surface area contributed by atoms with Crippen LogP contribution in [0.1, 0.15) is 92.8 Å². The van der Waals surface area contributed by atoms with Gasteiger partial charge in [-0.2, -0.15) is 0 Å². The lowest BCUT2D eigenvalue weighted by molar-refractivity contribution is 0.440. The number of allylic oxidation sites excluding steroid dienone is 1. The van der Waals surface area contributed by atoms with Crippen molar-refractivity contribution in [3.05, 3.63) is 83.3 Å². The summed E-state index contributed by atoms with van der Waals surface area (Å²) in [7, 11) is 0. The van der Waals surface area contributed by atoms with E-state index in [-0.39, 0.29) is 0 Å². The third-order valence-electron chi connectivity index (χ3n) is 11.2. The number of nitrogens with zero attached hydrogens (tertiary/aromatic N) is 2. The molecule has 5 nitrogen and oxygen atoms in total. The minimum absolute atomic E-state index is 0.337. The van der Waals surface area contributed by atoms with Gasteiger partial charge in [0.2, 0.25) is 0 Å². The van der Waals surface area contributed by atoms with Crippen molar-refractivity contribution in [2.75, 3.05) is 13.1 Å². The molecule has 218 valence electrons. The molecule has 3 fully saturated rings. The van der Waals surface area contributed by atoms with Gasteiger partial charge >= 0.3 is 0 Å². The van der Waals surface area contributed by atoms with E-state index >= 15 is 0 Å². The number of rotatable bonds is 5. The van der Waals surface area contributed by atoms with Crippen molar-refractivity contribution in [3.8, 4) is 22.3 Å². The van der Waals surface area contributed by atoms with Gasteiger partial charge in [0.1, 0.15) is 5.82 Å². The number of fused-ring (bicyclic) bond motifs is 3. The Labute approximate surface area is 254 Å². The number of hydrogen-bond donors (Lipinski definition) is 3. The molecular formula is C38H41N5. The van der Waals surface area contributed by atoms with E-state index in [1.54, 1.807) is 11.1 Å². The van der Waals surface area contributed by atoms with E-state index in [1.807, 2.05) is 0 Å². The van der Waals surface area contributed by atoms with Crippen LogP contribution in [0.5, 0.6) is 0 Å². The Kier molecular flexibility index (Phi) is 6.19. The van der Waals surface area contributed by atoms with Crippen LogP contribution in [-0.2, 0) is 11.8 Å². The van der Waals surface area contributed by atoms with Gasteiger partial charge in [-0.15, -0.1) is 0 Å². The SMILES string of the molecule is C1=C(c2ccc(-c3ccc(-c4ccc5nc([C@@H]6CCCN6)[nH]c5c4)c4c3C3(CCCC3)CC4)cc2)CC([C@@H]2CCCN2)=N1. The van der Waals surface area contributed by atoms with Gasteiger partial charge in [-0.1, -0.05) is 55.3 Å². The van der Waals surface area contributed by atoms with Crippen LogP contribution in [0.15, 0.2) is 65.8 Å². The second-order valence-corrected chi connectivity index (χ2v) is 13.7. The van der Waals surface area contributed by atoms with E-state index in [2.05, 4.69) is 76.4 Å². The third kappa shape index (κ3) is 4.35. The lowest BCUT2D eigenvalue weighted by Gasteiger charge is -2.28. The highest BCUT2D eigenvalue weighted by Gasteiger charge is 2.43. The predicted octanol–water partition coefficient (Wildman–Crippen LogP) is 8.02. The molecule has 5 heteroatoms. The van der Waals surface area contributed by atoms with Crippen molar-refractivity contribution in [3.63, 3.8) is 0 Å². The molecule has 2 aliphatic carbocycles.